The quantitative estimate of drug-likeness (QED) is 0.568. The summed E-state index contributed by atoms with van der Waals surface area (Å²) >= 11 is 0. The molecule has 1 atom stereocenters. The lowest BCUT2D eigenvalue weighted by Gasteiger charge is -2.11. The topological polar surface area (TPSA) is 9.23 Å². The van der Waals surface area contributed by atoms with Gasteiger partial charge in [0.2, 0.25) is 0 Å². The van der Waals surface area contributed by atoms with E-state index in [1.54, 1.807) is 0 Å². The molecule has 0 saturated heterocycles. The average Bonchev–Trinajstić information content (AvgIpc) is 1.83. The van der Waals surface area contributed by atoms with E-state index in [2.05, 4.69) is 27.7 Å². The van der Waals surface area contributed by atoms with Gasteiger partial charge in [-0.2, -0.15) is 0 Å². The van der Waals surface area contributed by atoms with Crippen LogP contribution in [0, 0.1) is 5.92 Å². The molecular formula is C8H18O. The summed E-state index contributed by atoms with van der Waals surface area (Å²) in [5.74, 6) is 0.666. The molecule has 56 valence electrons. The van der Waals surface area contributed by atoms with Crippen LogP contribution >= 0.6 is 0 Å². The lowest BCUT2D eigenvalue weighted by molar-refractivity contribution is 0.0455. The van der Waals surface area contributed by atoms with Gasteiger partial charge in [-0.15, -0.1) is 0 Å². The second kappa shape index (κ2) is 4.80. The summed E-state index contributed by atoms with van der Waals surface area (Å²) in [6.07, 6.45) is 1.56. The van der Waals surface area contributed by atoms with Crippen molar-refractivity contribution >= 4 is 0 Å². The average molecular weight is 130 g/mol. The van der Waals surface area contributed by atoms with Crippen molar-refractivity contribution in [2.45, 2.75) is 40.2 Å². The van der Waals surface area contributed by atoms with Crippen molar-refractivity contribution in [3.8, 4) is 0 Å². The summed E-state index contributed by atoms with van der Waals surface area (Å²) in [6.45, 7) is 9.49. The highest BCUT2D eigenvalue weighted by atomic mass is 16.5. The number of hydrogen-bond acceptors (Lipinski definition) is 1. The third kappa shape index (κ3) is 5.84. The molecule has 0 aromatic rings. The van der Waals surface area contributed by atoms with Crippen LogP contribution in [0.15, 0.2) is 0 Å². The van der Waals surface area contributed by atoms with Crippen molar-refractivity contribution in [2.24, 2.45) is 5.92 Å². The van der Waals surface area contributed by atoms with E-state index in [9.17, 15) is 0 Å². The maximum absolute atomic E-state index is 5.45. The smallest absolute Gasteiger partial charge is 0.0544 e. The fourth-order valence-electron chi connectivity index (χ4n) is 0.475. The number of rotatable bonds is 4. The molecule has 0 radical (unpaired) electrons. The van der Waals surface area contributed by atoms with Crippen molar-refractivity contribution < 1.29 is 4.74 Å². The summed E-state index contributed by atoms with van der Waals surface area (Å²) in [5.41, 5.74) is 0. The standard InChI is InChI=1S/C8H18O/c1-5-8(4)9-6-7(2)3/h7-8H,5-6H2,1-4H3. The van der Waals surface area contributed by atoms with Gasteiger partial charge in [-0.05, 0) is 19.3 Å². The van der Waals surface area contributed by atoms with Crippen LogP contribution in [0.3, 0.4) is 0 Å². The first-order valence-electron chi connectivity index (χ1n) is 3.78. The Bertz CT molecular complexity index is 59.6. The van der Waals surface area contributed by atoms with E-state index in [1.807, 2.05) is 0 Å². The van der Waals surface area contributed by atoms with Crippen LogP contribution in [-0.4, -0.2) is 12.7 Å². The second-order valence-electron chi connectivity index (χ2n) is 2.95. The van der Waals surface area contributed by atoms with Gasteiger partial charge in [0, 0.05) is 6.61 Å². The van der Waals surface area contributed by atoms with Gasteiger partial charge in [0.1, 0.15) is 0 Å². The van der Waals surface area contributed by atoms with Crippen LogP contribution in [0.25, 0.3) is 0 Å². The minimum Gasteiger partial charge on any atom is -0.378 e. The predicted octanol–water partition coefficient (Wildman–Crippen LogP) is 2.46. The summed E-state index contributed by atoms with van der Waals surface area (Å²) < 4.78 is 5.45. The Balaban J connectivity index is 3.06. The molecule has 9 heavy (non-hydrogen) atoms. The fraction of sp³-hybridized carbons (Fsp3) is 1.00. The molecule has 0 rings (SSSR count). The fourth-order valence-corrected chi connectivity index (χ4v) is 0.475. The third-order valence-electron chi connectivity index (χ3n) is 1.29. The molecule has 0 amide bonds. The highest BCUT2D eigenvalue weighted by molar-refractivity contribution is 4.46. The maximum Gasteiger partial charge on any atom is 0.0544 e. The first-order valence-corrected chi connectivity index (χ1v) is 3.78. The summed E-state index contributed by atoms with van der Waals surface area (Å²) in [6, 6.07) is 0. The first kappa shape index (κ1) is 8.96. The van der Waals surface area contributed by atoms with Crippen LogP contribution in [0.4, 0.5) is 0 Å². The van der Waals surface area contributed by atoms with Gasteiger partial charge in [0.05, 0.1) is 6.10 Å². The van der Waals surface area contributed by atoms with Gasteiger partial charge in [-0.1, -0.05) is 20.8 Å². The lowest BCUT2D eigenvalue weighted by atomic mass is 10.2. The largest absolute Gasteiger partial charge is 0.378 e. The van der Waals surface area contributed by atoms with Crippen LogP contribution < -0.4 is 0 Å². The molecule has 0 saturated carbocycles. The number of hydrogen-bond donors (Lipinski definition) is 0. The highest BCUT2D eigenvalue weighted by Crippen LogP contribution is 1.99. The Labute approximate surface area is 58.4 Å². The van der Waals surface area contributed by atoms with E-state index in [4.69, 9.17) is 4.74 Å². The molecule has 0 heterocycles. The lowest BCUT2D eigenvalue weighted by Crippen LogP contribution is -2.10. The molecule has 0 fully saturated rings. The Morgan fingerprint density at radius 1 is 1.22 bits per heavy atom. The zero-order chi connectivity index (χ0) is 7.28. The molecule has 0 aliphatic heterocycles. The van der Waals surface area contributed by atoms with Crippen molar-refractivity contribution in [1.29, 1.82) is 0 Å². The van der Waals surface area contributed by atoms with E-state index >= 15 is 0 Å². The predicted molar refractivity (Wildman–Crippen MR) is 40.5 cm³/mol. The molecule has 1 heteroatoms. The summed E-state index contributed by atoms with van der Waals surface area (Å²) in [5, 5.41) is 0. The normalized spacial score (nSPS) is 14.3. The first-order chi connectivity index (χ1) is 4.16. The van der Waals surface area contributed by atoms with Crippen molar-refractivity contribution in [1.82, 2.24) is 0 Å². The Morgan fingerprint density at radius 2 is 1.78 bits per heavy atom. The van der Waals surface area contributed by atoms with Gasteiger partial charge in [0.15, 0.2) is 0 Å². The van der Waals surface area contributed by atoms with Crippen molar-refractivity contribution in [3.05, 3.63) is 0 Å². The van der Waals surface area contributed by atoms with Gasteiger partial charge < -0.3 is 4.74 Å². The van der Waals surface area contributed by atoms with Gasteiger partial charge in [-0.25, -0.2) is 0 Å². The van der Waals surface area contributed by atoms with E-state index in [-0.39, 0.29) is 0 Å². The van der Waals surface area contributed by atoms with Crippen LogP contribution in [0.5, 0.6) is 0 Å². The molecule has 0 N–H and O–H groups in total. The van der Waals surface area contributed by atoms with E-state index in [1.165, 1.54) is 0 Å². The zero-order valence-electron chi connectivity index (χ0n) is 6.98. The molecule has 1 nitrogen and oxygen atoms in total. The van der Waals surface area contributed by atoms with Crippen LogP contribution in [0.1, 0.15) is 34.1 Å². The van der Waals surface area contributed by atoms with E-state index in [0.29, 0.717) is 12.0 Å². The zero-order valence-corrected chi connectivity index (χ0v) is 6.98. The highest BCUT2D eigenvalue weighted by Gasteiger charge is 1.98. The van der Waals surface area contributed by atoms with E-state index in [0.717, 1.165) is 13.0 Å². The molecule has 0 aliphatic carbocycles. The molecule has 0 bridgehead atoms. The van der Waals surface area contributed by atoms with Crippen molar-refractivity contribution in [2.75, 3.05) is 6.61 Å². The van der Waals surface area contributed by atoms with Crippen molar-refractivity contribution in [3.63, 3.8) is 0 Å². The Kier molecular flexibility index (Phi) is 4.78. The van der Waals surface area contributed by atoms with E-state index < -0.39 is 0 Å². The Morgan fingerprint density at radius 3 is 2.11 bits per heavy atom. The third-order valence-corrected chi connectivity index (χ3v) is 1.29. The van der Waals surface area contributed by atoms with Crippen LogP contribution in [0.2, 0.25) is 0 Å². The van der Waals surface area contributed by atoms with Gasteiger partial charge >= 0.3 is 0 Å². The number of ether oxygens (including phenoxy) is 1. The molecule has 0 spiro atoms. The van der Waals surface area contributed by atoms with Crippen LogP contribution in [-0.2, 0) is 4.74 Å². The molecule has 0 aliphatic rings. The molecule has 0 aromatic heterocycles. The minimum absolute atomic E-state index is 0.437. The summed E-state index contributed by atoms with van der Waals surface area (Å²) in [7, 11) is 0. The Hall–Kier alpha value is -0.0400. The summed E-state index contributed by atoms with van der Waals surface area (Å²) in [4.78, 5) is 0. The monoisotopic (exact) mass is 130 g/mol. The minimum atomic E-state index is 0.437. The molecule has 1 unspecified atom stereocenters. The van der Waals surface area contributed by atoms with Gasteiger partial charge in [0.25, 0.3) is 0 Å². The molecule has 0 aromatic carbocycles. The van der Waals surface area contributed by atoms with Gasteiger partial charge in [-0.3, -0.25) is 0 Å². The maximum atomic E-state index is 5.45. The second-order valence-corrected chi connectivity index (χ2v) is 2.95. The SMILES string of the molecule is CCC(C)OCC(C)C. The molecular weight excluding hydrogens is 112 g/mol.